The van der Waals surface area contributed by atoms with Crippen LogP contribution in [0.2, 0.25) is 0 Å². The molecule has 1 amide bonds. The molecule has 0 saturated carbocycles. The highest BCUT2D eigenvalue weighted by molar-refractivity contribution is 6.04. The number of aromatic hydroxyl groups is 2. The zero-order valence-electron chi connectivity index (χ0n) is 11.2. The van der Waals surface area contributed by atoms with Crippen molar-refractivity contribution in [3.8, 4) is 17.6 Å². The Morgan fingerprint density at radius 1 is 1.36 bits per heavy atom. The van der Waals surface area contributed by atoms with E-state index in [0.717, 1.165) is 18.6 Å². The molecule has 114 valence electrons. The van der Waals surface area contributed by atoms with Gasteiger partial charge >= 0.3 is 5.69 Å². The van der Waals surface area contributed by atoms with Gasteiger partial charge in [-0.05, 0) is 12.5 Å². The fraction of sp³-hybridized carbons (Fsp3) is 0.231. The lowest BCUT2D eigenvalue weighted by atomic mass is 10.0. The van der Waals surface area contributed by atoms with Gasteiger partial charge in [0.05, 0.1) is 4.92 Å². The maximum atomic E-state index is 12.0. The SMILES string of the molecule is N#C/C(C(=O)N1CCC1)=C(/O)c1cc(O)c(O)c([N+](=O)[O-])c1. The van der Waals surface area contributed by atoms with Crippen LogP contribution in [0.25, 0.3) is 5.76 Å². The van der Waals surface area contributed by atoms with Gasteiger partial charge in [-0.3, -0.25) is 14.9 Å². The molecular formula is C13H11N3O6. The van der Waals surface area contributed by atoms with Crippen LogP contribution in [0.15, 0.2) is 17.7 Å². The van der Waals surface area contributed by atoms with Crippen LogP contribution in [0.3, 0.4) is 0 Å². The molecule has 2 rings (SSSR count). The summed E-state index contributed by atoms with van der Waals surface area (Å²) in [5, 5.41) is 48.7. The summed E-state index contributed by atoms with van der Waals surface area (Å²) in [6.07, 6.45) is 0.788. The van der Waals surface area contributed by atoms with Crippen LogP contribution in [0, 0.1) is 21.4 Å². The number of likely N-dealkylation sites (tertiary alicyclic amines) is 1. The molecule has 9 nitrogen and oxygen atoms in total. The van der Waals surface area contributed by atoms with E-state index in [2.05, 4.69) is 0 Å². The molecule has 0 bridgehead atoms. The summed E-state index contributed by atoms with van der Waals surface area (Å²) in [5.74, 6) is -3.29. The highest BCUT2D eigenvalue weighted by Gasteiger charge is 2.28. The number of benzene rings is 1. The fourth-order valence-corrected chi connectivity index (χ4v) is 1.90. The third-order valence-electron chi connectivity index (χ3n) is 3.25. The van der Waals surface area contributed by atoms with E-state index in [9.17, 15) is 30.2 Å². The summed E-state index contributed by atoms with van der Waals surface area (Å²) in [5.41, 5.74) is -1.75. The number of amides is 1. The molecule has 1 aromatic rings. The lowest BCUT2D eigenvalue weighted by molar-refractivity contribution is -0.386. The molecule has 0 unspecified atom stereocenters. The zero-order chi connectivity index (χ0) is 16.4. The van der Waals surface area contributed by atoms with Crippen LogP contribution >= 0.6 is 0 Å². The smallest absolute Gasteiger partial charge is 0.315 e. The number of carbonyl (C=O) groups is 1. The number of aliphatic hydroxyl groups excluding tert-OH is 1. The molecule has 1 heterocycles. The predicted molar refractivity (Wildman–Crippen MR) is 72.8 cm³/mol. The van der Waals surface area contributed by atoms with Crippen molar-refractivity contribution >= 4 is 17.4 Å². The second-order valence-corrected chi connectivity index (χ2v) is 4.60. The predicted octanol–water partition coefficient (Wildman–Crippen LogP) is 1.03. The first-order valence-corrected chi connectivity index (χ1v) is 6.20. The van der Waals surface area contributed by atoms with E-state index in [-0.39, 0.29) is 5.56 Å². The second kappa shape index (κ2) is 5.61. The summed E-state index contributed by atoms with van der Waals surface area (Å²) in [7, 11) is 0. The number of hydrogen-bond donors (Lipinski definition) is 3. The van der Waals surface area contributed by atoms with Gasteiger partial charge in [-0.1, -0.05) is 0 Å². The third kappa shape index (κ3) is 2.49. The second-order valence-electron chi connectivity index (χ2n) is 4.60. The summed E-state index contributed by atoms with van der Waals surface area (Å²) < 4.78 is 0. The Kier molecular flexibility index (Phi) is 3.85. The lowest BCUT2D eigenvalue weighted by Crippen LogP contribution is -2.42. The van der Waals surface area contributed by atoms with Crippen LogP contribution in [-0.2, 0) is 4.79 Å². The van der Waals surface area contributed by atoms with Crippen molar-refractivity contribution < 1.29 is 25.0 Å². The standard InChI is InChI=1S/C13H11N3O6/c14-6-8(13(20)15-2-1-3-15)11(18)7-4-9(16(21)22)12(19)10(17)5-7/h4-5,17-19H,1-3H2/b11-8-. The van der Waals surface area contributed by atoms with E-state index in [1.807, 2.05) is 0 Å². The maximum absolute atomic E-state index is 12.0. The van der Waals surface area contributed by atoms with E-state index in [4.69, 9.17) is 5.26 Å². The molecule has 0 aromatic heterocycles. The fourth-order valence-electron chi connectivity index (χ4n) is 1.90. The van der Waals surface area contributed by atoms with Gasteiger partial charge in [-0.2, -0.15) is 5.26 Å². The van der Waals surface area contributed by atoms with Gasteiger partial charge in [0.25, 0.3) is 5.91 Å². The van der Waals surface area contributed by atoms with Gasteiger partial charge in [-0.25, -0.2) is 0 Å². The first-order chi connectivity index (χ1) is 10.4. The molecule has 0 radical (unpaired) electrons. The minimum Gasteiger partial charge on any atom is -0.506 e. The van der Waals surface area contributed by atoms with Gasteiger partial charge in [-0.15, -0.1) is 0 Å². The van der Waals surface area contributed by atoms with Gasteiger partial charge in [0, 0.05) is 24.7 Å². The minimum absolute atomic E-state index is 0.313. The largest absolute Gasteiger partial charge is 0.506 e. The summed E-state index contributed by atoms with van der Waals surface area (Å²) >= 11 is 0. The summed E-state index contributed by atoms with van der Waals surface area (Å²) in [6.45, 7) is 0.913. The van der Waals surface area contributed by atoms with Crippen molar-refractivity contribution in [2.75, 3.05) is 13.1 Å². The Morgan fingerprint density at radius 2 is 2.00 bits per heavy atom. The van der Waals surface area contributed by atoms with E-state index >= 15 is 0 Å². The number of aliphatic hydroxyl groups is 1. The average molecular weight is 305 g/mol. The molecule has 1 saturated heterocycles. The van der Waals surface area contributed by atoms with Gasteiger partial charge < -0.3 is 20.2 Å². The van der Waals surface area contributed by atoms with Crippen LogP contribution in [-0.4, -0.2) is 44.1 Å². The Bertz CT molecular complexity index is 730. The van der Waals surface area contributed by atoms with Gasteiger partial charge in [0.1, 0.15) is 11.8 Å². The highest BCUT2D eigenvalue weighted by atomic mass is 16.6. The van der Waals surface area contributed by atoms with Crippen LogP contribution in [0.5, 0.6) is 11.5 Å². The van der Waals surface area contributed by atoms with Gasteiger partial charge in [0.2, 0.25) is 5.75 Å². The molecule has 0 aliphatic carbocycles. The zero-order valence-corrected chi connectivity index (χ0v) is 11.2. The average Bonchev–Trinajstić information content (AvgIpc) is 2.39. The quantitative estimate of drug-likeness (QED) is 0.188. The normalized spacial score (nSPS) is 14.6. The molecule has 0 spiro atoms. The number of phenols is 2. The van der Waals surface area contributed by atoms with E-state index in [0.29, 0.717) is 13.1 Å². The molecule has 22 heavy (non-hydrogen) atoms. The van der Waals surface area contributed by atoms with Crippen LogP contribution in [0.1, 0.15) is 12.0 Å². The Balaban J connectivity index is 2.53. The number of carbonyl (C=O) groups excluding carboxylic acids is 1. The number of nitriles is 1. The summed E-state index contributed by atoms with van der Waals surface area (Å²) in [4.78, 5) is 23.1. The number of phenolic OH excluding ortho intramolecular Hbond substituents is 2. The first kappa shape index (κ1) is 15.1. The third-order valence-corrected chi connectivity index (χ3v) is 3.25. The molecule has 0 atom stereocenters. The molecule has 1 aromatic carbocycles. The van der Waals surface area contributed by atoms with Crippen LogP contribution < -0.4 is 0 Å². The number of nitrogens with zero attached hydrogens (tertiary/aromatic N) is 3. The van der Waals surface area contributed by atoms with Crippen LogP contribution in [0.4, 0.5) is 5.69 Å². The number of rotatable bonds is 3. The molecule has 1 aliphatic rings. The maximum Gasteiger partial charge on any atom is 0.315 e. The van der Waals surface area contributed by atoms with E-state index < -0.39 is 39.3 Å². The van der Waals surface area contributed by atoms with E-state index in [1.165, 1.54) is 4.90 Å². The Morgan fingerprint density at radius 3 is 2.45 bits per heavy atom. The number of hydrogen-bond acceptors (Lipinski definition) is 7. The molecule has 9 heteroatoms. The Hall–Kier alpha value is -3.28. The van der Waals surface area contributed by atoms with Crippen molar-refractivity contribution in [1.29, 1.82) is 5.26 Å². The van der Waals surface area contributed by atoms with Crippen molar-refractivity contribution in [2.24, 2.45) is 0 Å². The molecule has 3 N–H and O–H groups in total. The van der Waals surface area contributed by atoms with Crippen molar-refractivity contribution in [3.05, 3.63) is 33.4 Å². The van der Waals surface area contributed by atoms with E-state index in [1.54, 1.807) is 6.07 Å². The lowest BCUT2D eigenvalue weighted by Gasteiger charge is -2.30. The highest BCUT2D eigenvalue weighted by Crippen LogP contribution is 2.38. The van der Waals surface area contributed by atoms with Crippen molar-refractivity contribution in [2.45, 2.75) is 6.42 Å². The molecular weight excluding hydrogens is 294 g/mol. The van der Waals surface area contributed by atoms with Crippen molar-refractivity contribution in [1.82, 2.24) is 4.90 Å². The monoisotopic (exact) mass is 305 g/mol. The van der Waals surface area contributed by atoms with Gasteiger partial charge in [0.15, 0.2) is 11.3 Å². The molecule has 1 fully saturated rings. The number of nitro groups is 1. The minimum atomic E-state index is -0.964. The first-order valence-electron chi connectivity index (χ1n) is 6.20. The summed E-state index contributed by atoms with van der Waals surface area (Å²) in [6, 6.07) is 3.16. The Labute approximate surface area is 124 Å². The molecule has 1 aliphatic heterocycles. The topological polar surface area (TPSA) is 148 Å². The number of nitro benzene ring substituents is 1. The van der Waals surface area contributed by atoms with Crippen molar-refractivity contribution in [3.63, 3.8) is 0 Å².